The van der Waals surface area contributed by atoms with Crippen LogP contribution in [0.1, 0.15) is 116 Å². The van der Waals surface area contributed by atoms with Crippen molar-refractivity contribution < 1.29 is 28.3 Å². The highest BCUT2D eigenvalue weighted by atomic mass is 16.5. The Kier molecular flexibility index (Phi) is 3.02. The molecule has 1 N–H and O–H groups in total. The lowest BCUT2D eigenvalue weighted by Crippen LogP contribution is -2.47. The second-order valence-electron chi connectivity index (χ2n) is 8.38. The number of ether oxygens (including phenoxy) is 1. The highest BCUT2D eigenvalue weighted by Crippen LogP contribution is 2.54. The number of aromatic hydroxyl groups is 1. The van der Waals surface area contributed by atoms with Crippen LogP contribution in [0.25, 0.3) is 0 Å². The standard InChI is InChI=1S/C24H36O3/c1-6-7-8-9-12-23(2,3)16-13-20(26)22-18-15-17(25)10-11-19(18)24(4,5)27-21(22)14-16/h13-14,18-19,26H,6-12,15H2,1-5H3/t18-,19-/m1/s1/i4D3,5D3,10D2,15D2. The average molecular weight is 383 g/mol. The fraction of sp³-hybridized carbons (Fsp3) is 0.708. The third kappa shape index (κ3) is 4.02. The van der Waals surface area contributed by atoms with Gasteiger partial charge in [-0.1, -0.05) is 46.5 Å². The Balaban J connectivity index is 2.30. The largest absolute Gasteiger partial charge is 0.508 e. The first-order chi connectivity index (χ1) is 16.6. The van der Waals surface area contributed by atoms with Gasteiger partial charge in [-0.3, -0.25) is 4.79 Å². The zero-order valence-corrected chi connectivity index (χ0v) is 16.3. The Morgan fingerprint density at radius 3 is 2.81 bits per heavy atom. The molecule has 1 aromatic rings. The van der Waals surface area contributed by atoms with Crippen LogP contribution in [-0.2, 0) is 10.2 Å². The van der Waals surface area contributed by atoms with Gasteiger partial charge in [-0.2, -0.15) is 0 Å². The molecule has 2 atom stereocenters. The van der Waals surface area contributed by atoms with Crippen LogP contribution in [0.5, 0.6) is 11.5 Å². The zero-order valence-electron chi connectivity index (χ0n) is 26.3. The van der Waals surface area contributed by atoms with Crippen LogP contribution in [-0.4, -0.2) is 16.5 Å². The van der Waals surface area contributed by atoms with Gasteiger partial charge in [0.25, 0.3) is 0 Å². The smallest absolute Gasteiger partial charge is 0.133 e. The van der Waals surface area contributed by atoms with Crippen molar-refractivity contribution in [3.63, 3.8) is 0 Å². The SMILES string of the molecule is [2H]C1([2H])C[C@@H]2[C@H](c3c(O)cc(C(C)(C)CCCCCC)cc3OC2(C([2H])([2H])[2H])C([2H])([2H])[2H])C([2H])([2H])C1=O. The second-order valence-corrected chi connectivity index (χ2v) is 8.38. The molecule has 2 aliphatic rings. The minimum Gasteiger partial charge on any atom is -0.508 e. The number of Topliss-reactive ketones (excluding diaryl/α,β-unsaturated/α-hetero) is 1. The van der Waals surface area contributed by atoms with Crippen molar-refractivity contribution in [1.29, 1.82) is 0 Å². The van der Waals surface area contributed by atoms with Gasteiger partial charge < -0.3 is 9.84 Å². The molecule has 3 heteroatoms. The summed E-state index contributed by atoms with van der Waals surface area (Å²) in [6, 6.07) is 2.88. The van der Waals surface area contributed by atoms with Gasteiger partial charge in [0, 0.05) is 43.9 Å². The van der Waals surface area contributed by atoms with Crippen molar-refractivity contribution in [2.24, 2.45) is 5.92 Å². The van der Waals surface area contributed by atoms with Crippen molar-refractivity contribution in [2.45, 2.75) is 103 Å². The summed E-state index contributed by atoms with van der Waals surface area (Å²) in [5, 5.41) is 11.1. The van der Waals surface area contributed by atoms with Gasteiger partial charge in [0.05, 0.1) is 0 Å². The van der Waals surface area contributed by atoms with Crippen molar-refractivity contribution in [1.82, 2.24) is 0 Å². The molecule has 1 aliphatic carbocycles. The van der Waals surface area contributed by atoms with Gasteiger partial charge in [-0.05, 0) is 49.7 Å². The van der Waals surface area contributed by atoms with E-state index >= 15 is 0 Å². The van der Waals surface area contributed by atoms with Crippen molar-refractivity contribution >= 4 is 5.78 Å². The normalized spacial score (nSPS) is 34.3. The highest BCUT2D eigenvalue weighted by molar-refractivity contribution is 5.81. The molecule has 3 rings (SSSR count). The van der Waals surface area contributed by atoms with E-state index in [4.69, 9.17) is 18.4 Å². The lowest BCUT2D eigenvalue weighted by molar-refractivity contribution is -0.124. The molecule has 1 aromatic carbocycles. The fourth-order valence-electron chi connectivity index (χ4n) is 4.05. The molecule has 1 saturated carbocycles. The van der Waals surface area contributed by atoms with Gasteiger partial charge in [-0.15, -0.1) is 0 Å². The quantitative estimate of drug-likeness (QED) is 0.590. The highest BCUT2D eigenvalue weighted by Gasteiger charge is 2.47. The summed E-state index contributed by atoms with van der Waals surface area (Å²) in [5.74, 6) is -5.69. The minimum absolute atomic E-state index is 0.200. The van der Waals surface area contributed by atoms with Crippen LogP contribution in [0.2, 0.25) is 0 Å². The molecule has 0 radical (unpaired) electrons. The molecule has 1 heterocycles. The summed E-state index contributed by atoms with van der Waals surface area (Å²) >= 11 is 0. The lowest BCUT2D eigenvalue weighted by atomic mass is 9.66. The third-order valence-corrected chi connectivity index (χ3v) is 5.83. The molecule has 0 saturated heterocycles. The Morgan fingerprint density at radius 2 is 2.11 bits per heavy atom. The molecule has 150 valence electrons. The average Bonchev–Trinajstić information content (AvgIpc) is 2.72. The van der Waals surface area contributed by atoms with Crippen molar-refractivity contribution in [2.75, 3.05) is 0 Å². The molecule has 0 aromatic heterocycles. The molecule has 0 unspecified atom stereocenters. The first-order valence-corrected chi connectivity index (χ1v) is 9.76. The maximum absolute atomic E-state index is 12.9. The van der Waals surface area contributed by atoms with Crippen LogP contribution < -0.4 is 4.74 Å². The van der Waals surface area contributed by atoms with Crippen LogP contribution in [0.3, 0.4) is 0 Å². The molecule has 0 spiro atoms. The Labute approximate surface area is 178 Å². The number of benzene rings is 1. The number of carbonyl (C=O) groups is 1. The molecule has 0 bridgehead atoms. The zero-order chi connectivity index (χ0) is 28.4. The number of phenols is 1. The van der Waals surface area contributed by atoms with Gasteiger partial charge in [0.1, 0.15) is 22.9 Å². The molecule has 27 heavy (non-hydrogen) atoms. The minimum atomic E-state index is -3.34. The summed E-state index contributed by atoms with van der Waals surface area (Å²) in [6.45, 7) is -0.714. The summed E-state index contributed by atoms with van der Waals surface area (Å²) in [7, 11) is 0. The second kappa shape index (κ2) is 7.48. The molecule has 0 amide bonds. The van der Waals surface area contributed by atoms with E-state index in [1.807, 2.05) is 13.8 Å². The summed E-state index contributed by atoms with van der Waals surface area (Å²) in [4.78, 5) is 12.9. The van der Waals surface area contributed by atoms with E-state index in [2.05, 4.69) is 6.92 Å². The number of phenolic OH excluding ortho intramolecular Hbond substituents is 1. The molecular formula is C24H36O3. The van der Waals surface area contributed by atoms with Crippen molar-refractivity contribution in [3.8, 4) is 11.5 Å². The van der Waals surface area contributed by atoms with E-state index in [-0.39, 0.29) is 11.3 Å². The predicted octanol–water partition coefficient (Wildman–Crippen LogP) is 6.26. The van der Waals surface area contributed by atoms with Crippen LogP contribution in [0.15, 0.2) is 12.1 Å². The first-order valence-electron chi connectivity index (χ1n) is 14.8. The van der Waals surface area contributed by atoms with Crippen LogP contribution in [0, 0.1) is 5.92 Å². The number of rotatable bonds is 6. The van der Waals surface area contributed by atoms with Gasteiger partial charge in [0.15, 0.2) is 0 Å². The molecule has 1 fully saturated rings. The fourth-order valence-corrected chi connectivity index (χ4v) is 4.05. The topological polar surface area (TPSA) is 46.5 Å². The lowest BCUT2D eigenvalue weighted by Gasteiger charge is -2.47. The summed E-state index contributed by atoms with van der Waals surface area (Å²) < 4.78 is 88.6. The number of hydrogen-bond donors (Lipinski definition) is 1. The van der Waals surface area contributed by atoms with Gasteiger partial charge in [-0.25, -0.2) is 0 Å². The van der Waals surface area contributed by atoms with Gasteiger partial charge in [0.2, 0.25) is 0 Å². The number of unbranched alkanes of at least 4 members (excludes halogenated alkanes) is 3. The van der Waals surface area contributed by atoms with E-state index in [1.54, 1.807) is 0 Å². The van der Waals surface area contributed by atoms with E-state index < -0.39 is 67.3 Å². The van der Waals surface area contributed by atoms with Crippen LogP contribution >= 0.6 is 0 Å². The monoisotopic (exact) mass is 382 g/mol. The van der Waals surface area contributed by atoms with Crippen LogP contribution in [0.4, 0.5) is 0 Å². The maximum Gasteiger partial charge on any atom is 0.133 e. The van der Waals surface area contributed by atoms with Crippen molar-refractivity contribution in [3.05, 3.63) is 23.3 Å². The van der Waals surface area contributed by atoms with E-state index in [1.165, 1.54) is 12.1 Å². The molecule has 1 aliphatic heterocycles. The van der Waals surface area contributed by atoms with E-state index in [0.29, 0.717) is 5.56 Å². The Hall–Kier alpha value is -1.51. The van der Waals surface area contributed by atoms with E-state index in [0.717, 1.165) is 32.1 Å². The number of hydrogen-bond acceptors (Lipinski definition) is 3. The summed E-state index contributed by atoms with van der Waals surface area (Å²) in [5.41, 5.74) is -3.16. The number of ketones is 1. The third-order valence-electron chi connectivity index (χ3n) is 5.83. The molecular weight excluding hydrogens is 336 g/mol. The predicted molar refractivity (Wildman–Crippen MR) is 110 cm³/mol. The van der Waals surface area contributed by atoms with Gasteiger partial charge >= 0.3 is 0 Å². The summed E-state index contributed by atoms with van der Waals surface area (Å²) in [6.07, 6.45) is -1.97. The first kappa shape index (κ1) is 10.9. The Morgan fingerprint density at radius 1 is 1.33 bits per heavy atom. The molecule has 3 nitrogen and oxygen atoms in total. The number of fused-ring (bicyclic) bond motifs is 3. The van der Waals surface area contributed by atoms with E-state index in [9.17, 15) is 9.90 Å². The maximum atomic E-state index is 12.9. The Bertz CT molecular complexity index is 1030. The number of carbonyl (C=O) groups excluding carboxylic acids is 1.